The zero-order valence-electron chi connectivity index (χ0n) is 14.7. The Labute approximate surface area is 156 Å². The predicted molar refractivity (Wildman–Crippen MR) is 94.8 cm³/mol. The summed E-state index contributed by atoms with van der Waals surface area (Å²) in [6.07, 6.45) is 3.47. The average Bonchev–Trinajstić information content (AvgIpc) is 2.61. The van der Waals surface area contributed by atoms with Gasteiger partial charge in [0, 0.05) is 62.2 Å². The maximum Gasteiger partial charge on any atom is 0.250 e. The highest BCUT2D eigenvalue weighted by Gasteiger charge is 2.38. The Balaban J connectivity index is 1.88. The lowest BCUT2D eigenvalue weighted by Gasteiger charge is -2.30. The molecule has 0 amide bonds. The molecule has 2 aromatic heterocycles. The third kappa shape index (κ3) is 4.54. The van der Waals surface area contributed by atoms with Gasteiger partial charge >= 0.3 is 0 Å². The average molecular weight is 395 g/mol. The Hall–Kier alpha value is -2.26. The van der Waals surface area contributed by atoms with E-state index in [-0.39, 0.29) is 30.2 Å². The van der Waals surface area contributed by atoms with Gasteiger partial charge in [-0.25, -0.2) is 17.2 Å². The Bertz CT molecular complexity index is 954. The van der Waals surface area contributed by atoms with Crippen LogP contribution in [0.25, 0.3) is 11.1 Å². The van der Waals surface area contributed by atoms with Gasteiger partial charge in [-0.15, -0.1) is 0 Å². The molecule has 1 aliphatic heterocycles. The summed E-state index contributed by atoms with van der Waals surface area (Å²) in [6, 6.07) is 4.86. The Morgan fingerprint density at radius 1 is 1.19 bits per heavy atom. The molecular weight excluding hydrogens is 376 g/mol. The molecule has 0 atom stereocenters. The fourth-order valence-corrected chi connectivity index (χ4v) is 4.36. The number of rotatable bonds is 5. The zero-order chi connectivity index (χ0) is 19.7. The fraction of sp³-hybridized carbons (Fsp3) is 0.389. The molecule has 0 aliphatic carbocycles. The summed E-state index contributed by atoms with van der Waals surface area (Å²) in [5.74, 6) is -2.85. The van der Waals surface area contributed by atoms with Crippen molar-refractivity contribution in [1.82, 2.24) is 14.3 Å². The molecule has 0 bridgehead atoms. The lowest BCUT2D eigenvalue weighted by molar-refractivity contribution is -0.116. The van der Waals surface area contributed by atoms with Gasteiger partial charge in [0.1, 0.15) is 10.7 Å². The van der Waals surface area contributed by atoms with Gasteiger partial charge in [-0.3, -0.25) is 14.8 Å². The van der Waals surface area contributed by atoms with Crippen LogP contribution in [0, 0.1) is 0 Å². The van der Waals surface area contributed by atoms with Crippen LogP contribution in [0.4, 0.5) is 8.78 Å². The molecule has 0 radical (unpaired) electrons. The molecule has 6 nitrogen and oxygen atoms in total. The van der Waals surface area contributed by atoms with Crippen molar-refractivity contribution in [1.29, 1.82) is 0 Å². The Kier molecular flexibility index (Phi) is 5.34. The molecule has 1 aliphatic rings. The molecule has 0 spiro atoms. The van der Waals surface area contributed by atoms with Gasteiger partial charge in [0.25, 0.3) is 5.92 Å². The molecule has 2 aromatic rings. The summed E-state index contributed by atoms with van der Waals surface area (Å²) in [5.41, 5.74) is 1.80. The van der Waals surface area contributed by atoms with Gasteiger partial charge in [-0.05, 0) is 30.7 Å². The molecule has 0 unspecified atom stereocenters. The van der Waals surface area contributed by atoms with E-state index < -0.39 is 28.8 Å². The van der Waals surface area contributed by atoms with Crippen LogP contribution in [-0.4, -0.2) is 47.5 Å². The summed E-state index contributed by atoms with van der Waals surface area (Å²) in [5, 5.41) is 0. The number of piperidine rings is 1. The first-order valence-corrected chi connectivity index (χ1v) is 9.89. The van der Waals surface area contributed by atoms with Gasteiger partial charge in [0.05, 0.1) is 0 Å². The molecule has 3 heterocycles. The molecule has 9 heteroatoms. The van der Waals surface area contributed by atoms with E-state index in [1.54, 1.807) is 18.3 Å². The molecule has 0 N–H and O–H groups in total. The normalized spacial score (nSPS) is 17.6. The third-order valence-corrected chi connectivity index (χ3v) is 6.25. The van der Waals surface area contributed by atoms with Gasteiger partial charge in [0.15, 0.2) is 0 Å². The number of aromatic nitrogens is 2. The van der Waals surface area contributed by atoms with E-state index in [2.05, 4.69) is 9.97 Å². The maximum absolute atomic E-state index is 13.3. The number of hydrogen-bond acceptors (Lipinski definition) is 5. The van der Waals surface area contributed by atoms with E-state index in [1.165, 1.54) is 25.4 Å². The number of sulfonamides is 1. The number of hydrogen-bond donors (Lipinski definition) is 0. The number of carbonyl (C=O) groups excluding carboxylic acids is 1. The van der Waals surface area contributed by atoms with Crippen LogP contribution in [0.2, 0.25) is 0 Å². The van der Waals surface area contributed by atoms with Crippen molar-refractivity contribution in [2.75, 3.05) is 13.1 Å². The summed E-state index contributed by atoms with van der Waals surface area (Å²) in [6.45, 7) is 1.01. The fourth-order valence-electron chi connectivity index (χ4n) is 2.93. The molecule has 3 rings (SSSR count). The van der Waals surface area contributed by atoms with E-state index in [0.717, 1.165) is 4.31 Å². The monoisotopic (exact) mass is 395 g/mol. The molecule has 0 aromatic carbocycles. The van der Waals surface area contributed by atoms with Crippen LogP contribution in [0.15, 0.2) is 41.7 Å². The summed E-state index contributed by atoms with van der Waals surface area (Å²) >= 11 is 0. The highest BCUT2D eigenvalue weighted by atomic mass is 32.2. The van der Waals surface area contributed by atoms with Gasteiger partial charge in [-0.1, -0.05) is 0 Å². The van der Waals surface area contributed by atoms with Crippen molar-refractivity contribution in [2.24, 2.45) is 0 Å². The number of Topliss-reactive ketones (excluding diaryl/α,β-unsaturated/α-hetero) is 1. The van der Waals surface area contributed by atoms with E-state index >= 15 is 0 Å². The van der Waals surface area contributed by atoms with E-state index in [4.69, 9.17) is 0 Å². The maximum atomic E-state index is 13.3. The van der Waals surface area contributed by atoms with Crippen molar-refractivity contribution in [3.8, 4) is 11.1 Å². The summed E-state index contributed by atoms with van der Waals surface area (Å²) in [7, 11) is -3.90. The van der Waals surface area contributed by atoms with Crippen molar-refractivity contribution >= 4 is 15.8 Å². The highest BCUT2D eigenvalue weighted by molar-refractivity contribution is 7.89. The van der Waals surface area contributed by atoms with Crippen LogP contribution in [0.3, 0.4) is 0 Å². The molecule has 144 valence electrons. The molecule has 1 saturated heterocycles. The van der Waals surface area contributed by atoms with Gasteiger partial charge in [-0.2, -0.15) is 4.31 Å². The van der Waals surface area contributed by atoms with E-state index in [9.17, 15) is 22.0 Å². The van der Waals surface area contributed by atoms with Crippen LogP contribution >= 0.6 is 0 Å². The van der Waals surface area contributed by atoms with Crippen LogP contribution in [-0.2, 0) is 21.2 Å². The van der Waals surface area contributed by atoms with Crippen LogP contribution in [0.5, 0.6) is 0 Å². The number of nitrogens with zero attached hydrogens (tertiary/aromatic N) is 3. The minimum absolute atomic E-state index is 0.0315. The summed E-state index contributed by atoms with van der Waals surface area (Å²) < 4.78 is 53.3. The number of carbonyl (C=O) groups is 1. The quantitative estimate of drug-likeness (QED) is 0.778. The SMILES string of the molecule is CC(=O)Cc1cc(-c2cncc(S(=O)(=O)N3CCC(F)(F)CC3)c2)ccn1. The van der Waals surface area contributed by atoms with Crippen molar-refractivity contribution in [3.05, 3.63) is 42.5 Å². The minimum Gasteiger partial charge on any atom is -0.300 e. The zero-order valence-corrected chi connectivity index (χ0v) is 15.5. The lowest BCUT2D eigenvalue weighted by Crippen LogP contribution is -2.42. The van der Waals surface area contributed by atoms with E-state index in [0.29, 0.717) is 16.8 Å². The first-order valence-electron chi connectivity index (χ1n) is 8.45. The smallest absolute Gasteiger partial charge is 0.250 e. The van der Waals surface area contributed by atoms with Crippen LogP contribution < -0.4 is 0 Å². The van der Waals surface area contributed by atoms with Crippen LogP contribution in [0.1, 0.15) is 25.5 Å². The molecule has 0 saturated carbocycles. The first kappa shape index (κ1) is 19.5. The predicted octanol–water partition coefficient (Wildman–Crippen LogP) is 2.69. The minimum atomic E-state index is -3.90. The number of pyridine rings is 2. The molecule has 1 fully saturated rings. The lowest BCUT2D eigenvalue weighted by atomic mass is 10.1. The van der Waals surface area contributed by atoms with Crippen molar-refractivity contribution < 1.29 is 22.0 Å². The van der Waals surface area contributed by atoms with E-state index in [1.807, 2.05) is 0 Å². The molecular formula is C18H19F2N3O3S. The standard InChI is InChI=1S/C18H19F2N3O3S/c1-13(24)8-16-9-14(2-5-22-16)15-10-17(12-21-11-15)27(25,26)23-6-3-18(19,20)4-7-23/h2,5,9-12H,3-4,6-8H2,1H3. The second kappa shape index (κ2) is 7.40. The second-order valence-corrected chi connectivity index (χ2v) is 8.52. The summed E-state index contributed by atoms with van der Waals surface area (Å²) in [4.78, 5) is 19.4. The topological polar surface area (TPSA) is 80.2 Å². The number of ketones is 1. The second-order valence-electron chi connectivity index (χ2n) is 6.58. The first-order chi connectivity index (χ1) is 12.7. The third-order valence-electron chi connectivity index (χ3n) is 4.38. The number of alkyl halides is 2. The Morgan fingerprint density at radius 2 is 1.89 bits per heavy atom. The van der Waals surface area contributed by atoms with Gasteiger partial charge in [0.2, 0.25) is 10.0 Å². The number of halogens is 2. The van der Waals surface area contributed by atoms with Gasteiger partial charge < -0.3 is 0 Å². The Morgan fingerprint density at radius 3 is 2.56 bits per heavy atom. The van der Waals surface area contributed by atoms with Crippen molar-refractivity contribution in [3.63, 3.8) is 0 Å². The highest BCUT2D eigenvalue weighted by Crippen LogP contribution is 2.31. The molecule has 27 heavy (non-hydrogen) atoms. The van der Waals surface area contributed by atoms with Crippen molar-refractivity contribution in [2.45, 2.75) is 37.0 Å². The largest absolute Gasteiger partial charge is 0.300 e.